The van der Waals surface area contributed by atoms with E-state index in [1.807, 2.05) is 6.92 Å². The molecule has 1 heterocycles. The predicted octanol–water partition coefficient (Wildman–Crippen LogP) is 1.23. The number of nitrogens with one attached hydrogen (secondary N) is 2. The topological polar surface area (TPSA) is 81.1 Å². The molecule has 1 unspecified atom stereocenters. The molecule has 7 nitrogen and oxygen atoms in total. The average molecular weight is 255 g/mol. The molecule has 0 aliphatic carbocycles. The Kier molecular flexibility index (Phi) is 6.13. The summed E-state index contributed by atoms with van der Waals surface area (Å²) in [6, 6.07) is -0.289. The summed E-state index contributed by atoms with van der Waals surface area (Å²) < 4.78 is 6.70. The van der Waals surface area contributed by atoms with E-state index >= 15 is 0 Å². The maximum atomic E-state index is 11.7. The van der Waals surface area contributed by atoms with E-state index in [2.05, 4.69) is 27.9 Å². The van der Waals surface area contributed by atoms with E-state index in [0.717, 1.165) is 19.4 Å². The first-order chi connectivity index (χ1) is 8.69. The second-order valence-electron chi connectivity index (χ2n) is 4.03. The number of ether oxygens (including phenoxy) is 1. The van der Waals surface area contributed by atoms with Crippen LogP contribution < -0.4 is 10.6 Å². The van der Waals surface area contributed by atoms with Gasteiger partial charge in [-0.1, -0.05) is 19.1 Å². The first-order valence-corrected chi connectivity index (χ1v) is 6.16. The zero-order valence-corrected chi connectivity index (χ0v) is 11.1. The van der Waals surface area contributed by atoms with E-state index in [9.17, 15) is 4.79 Å². The number of hydrogen-bond acceptors (Lipinski definition) is 4. The van der Waals surface area contributed by atoms with E-state index in [0.29, 0.717) is 12.4 Å². The quantitative estimate of drug-likeness (QED) is 0.768. The Morgan fingerprint density at radius 3 is 2.94 bits per heavy atom. The van der Waals surface area contributed by atoms with Crippen molar-refractivity contribution in [1.82, 2.24) is 20.3 Å². The fourth-order valence-corrected chi connectivity index (χ4v) is 1.49. The summed E-state index contributed by atoms with van der Waals surface area (Å²) in [4.78, 5) is 11.7. The minimum absolute atomic E-state index is 0.000636. The number of rotatable bonds is 7. The van der Waals surface area contributed by atoms with Crippen LogP contribution in [0.3, 0.4) is 0 Å². The van der Waals surface area contributed by atoms with Crippen molar-refractivity contribution < 1.29 is 9.53 Å². The van der Waals surface area contributed by atoms with Crippen LogP contribution in [-0.4, -0.2) is 40.8 Å². The van der Waals surface area contributed by atoms with Crippen LogP contribution in [0.4, 0.5) is 10.6 Å². The van der Waals surface area contributed by atoms with Gasteiger partial charge in [0.1, 0.15) is 0 Å². The van der Waals surface area contributed by atoms with Gasteiger partial charge in [-0.25, -0.2) is 4.79 Å². The van der Waals surface area contributed by atoms with Crippen molar-refractivity contribution in [2.24, 2.45) is 0 Å². The summed E-state index contributed by atoms with van der Waals surface area (Å²) in [6.07, 6.45) is 3.49. The third-order valence-corrected chi connectivity index (χ3v) is 2.43. The van der Waals surface area contributed by atoms with Gasteiger partial charge < -0.3 is 10.1 Å². The molecule has 0 radical (unpaired) electrons. The molecular weight excluding hydrogens is 234 g/mol. The van der Waals surface area contributed by atoms with E-state index in [1.165, 1.54) is 0 Å². The van der Waals surface area contributed by atoms with E-state index in [1.54, 1.807) is 18.0 Å². The Balaban J connectivity index is 2.42. The number of amides is 2. The number of nitrogens with zero attached hydrogens (tertiary/aromatic N) is 3. The molecule has 0 aliphatic rings. The molecule has 1 atom stereocenters. The van der Waals surface area contributed by atoms with Crippen LogP contribution >= 0.6 is 0 Å². The van der Waals surface area contributed by atoms with Crippen molar-refractivity contribution in [3.05, 3.63) is 6.20 Å². The largest absolute Gasteiger partial charge is 0.383 e. The number of aromatic nitrogens is 3. The molecule has 0 saturated heterocycles. The third-order valence-electron chi connectivity index (χ3n) is 2.43. The summed E-state index contributed by atoms with van der Waals surface area (Å²) in [7, 11) is 1.61. The minimum Gasteiger partial charge on any atom is -0.383 e. The first kappa shape index (κ1) is 14.4. The molecular formula is C11H21N5O2. The van der Waals surface area contributed by atoms with Gasteiger partial charge in [0.15, 0.2) is 5.82 Å². The highest BCUT2D eigenvalue weighted by atomic mass is 16.5. The maximum absolute atomic E-state index is 11.7. The first-order valence-electron chi connectivity index (χ1n) is 6.16. The van der Waals surface area contributed by atoms with Crippen molar-refractivity contribution in [3.63, 3.8) is 0 Å². The number of carbonyl (C=O) groups excluding carboxylic acids is 1. The Morgan fingerprint density at radius 1 is 1.56 bits per heavy atom. The summed E-state index contributed by atoms with van der Waals surface area (Å²) in [5.74, 6) is 0.452. The number of urea groups is 1. The molecule has 0 aliphatic heterocycles. The standard InChI is InChI=1S/C11H21N5O2/c1-4-6-16-7-10(14-15-16)13-11(17)12-9(5-2)8-18-3/h7,9H,4-6,8H2,1-3H3,(H2,12,13,17). The second kappa shape index (κ2) is 7.65. The van der Waals surface area contributed by atoms with Crippen molar-refractivity contribution in [2.75, 3.05) is 19.0 Å². The van der Waals surface area contributed by atoms with Crippen LogP contribution in [0.5, 0.6) is 0 Å². The van der Waals surface area contributed by atoms with E-state index < -0.39 is 0 Å². The third kappa shape index (κ3) is 4.70. The minimum atomic E-state index is -0.289. The van der Waals surface area contributed by atoms with Crippen LogP contribution in [-0.2, 0) is 11.3 Å². The van der Waals surface area contributed by atoms with Gasteiger partial charge in [-0.2, -0.15) is 0 Å². The van der Waals surface area contributed by atoms with Crippen molar-refractivity contribution >= 4 is 11.8 Å². The van der Waals surface area contributed by atoms with Crippen LogP contribution in [0, 0.1) is 0 Å². The van der Waals surface area contributed by atoms with Crippen molar-refractivity contribution in [3.8, 4) is 0 Å². The molecule has 0 bridgehead atoms. The molecule has 102 valence electrons. The molecule has 0 aromatic carbocycles. The Hall–Kier alpha value is -1.63. The van der Waals surface area contributed by atoms with E-state index in [-0.39, 0.29) is 12.1 Å². The van der Waals surface area contributed by atoms with Gasteiger partial charge in [-0.05, 0) is 12.8 Å². The number of anilines is 1. The lowest BCUT2D eigenvalue weighted by Gasteiger charge is -2.15. The number of aryl methyl sites for hydroxylation is 1. The number of carbonyl (C=O) groups is 1. The van der Waals surface area contributed by atoms with Crippen LogP contribution in [0.25, 0.3) is 0 Å². The molecule has 0 fully saturated rings. The lowest BCUT2D eigenvalue weighted by molar-refractivity contribution is 0.165. The van der Waals surface area contributed by atoms with Gasteiger partial charge in [0.2, 0.25) is 0 Å². The second-order valence-corrected chi connectivity index (χ2v) is 4.03. The maximum Gasteiger partial charge on any atom is 0.320 e. The van der Waals surface area contributed by atoms with Gasteiger partial charge in [0, 0.05) is 13.7 Å². The lowest BCUT2D eigenvalue weighted by Crippen LogP contribution is -2.40. The van der Waals surface area contributed by atoms with Gasteiger partial charge in [-0.3, -0.25) is 10.00 Å². The molecule has 7 heteroatoms. The summed E-state index contributed by atoms with van der Waals surface area (Å²) >= 11 is 0. The summed E-state index contributed by atoms with van der Waals surface area (Å²) in [5, 5.41) is 13.2. The van der Waals surface area contributed by atoms with Crippen LogP contribution in [0.15, 0.2) is 6.20 Å². The molecule has 2 amide bonds. The zero-order valence-electron chi connectivity index (χ0n) is 11.1. The van der Waals surface area contributed by atoms with Gasteiger partial charge in [0.05, 0.1) is 18.8 Å². The highest BCUT2D eigenvalue weighted by Crippen LogP contribution is 2.01. The van der Waals surface area contributed by atoms with E-state index in [4.69, 9.17) is 4.74 Å². The van der Waals surface area contributed by atoms with Crippen molar-refractivity contribution in [2.45, 2.75) is 39.3 Å². The smallest absolute Gasteiger partial charge is 0.320 e. The number of hydrogen-bond donors (Lipinski definition) is 2. The molecule has 0 spiro atoms. The Morgan fingerprint density at radius 2 is 2.33 bits per heavy atom. The summed E-state index contributed by atoms with van der Waals surface area (Å²) in [6.45, 7) is 5.32. The monoisotopic (exact) mass is 255 g/mol. The van der Waals surface area contributed by atoms with Gasteiger partial charge >= 0.3 is 6.03 Å². The molecule has 1 aromatic rings. The zero-order chi connectivity index (χ0) is 13.4. The SMILES string of the molecule is CCCn1cc(NC(=O)NC(CC)COC)nn1. The fourth-order valence-electron chi connectivity index (χ4n) is 1.49. The van der Waals surface area contributed by atoms with Crippen molar-refractivity contribution in [1.29, 1.82) is 0 Å². The normalized spacial score (nSPS) is 12.2. The molecule has 1 aromatic heterocycles. The fraction of sp³-hybridized carbons (Fsp3) is 0.727. The predicted molar refractivity (Wildman–Crippen MR) is 68.4 cm³/mol. The van der Waals surface area contributed by atoms with Gasteiger partial charge in [0.25, 0.3) is 0 Å². The Labute approximate surface area is 107 Å². The molecule has 0 saturated carbocycles. The molecule has 2 N–H and O–H groups in total. The number of methoxy groups -OCH3 is 1. The Bertz CT molecular complexity index is 366. The van der Waals surface area contributed by atoms with Crippen LogP contribution in [0.2, 0.25) is 0 Å². The molecule has 18 heavy (non-hydrogen) atoms. The van der Waals surface area contributed by atoms with Gasteiger partial charge in [-0.15, -0.1) is 5.10 Å². The average Bonchev–Trinajstić information content (AvgIpc) is 2.76. The van der Waals surface area contributed by atoms with Crippen LogP contribution in [0.1, 0.15) is 26.7 Å². The summed E-state index contributed by atoms with van der Waals surface area (Å²) in [5.41, 5.74) is 0. The molecule has 1 rings (SSSR count). The lowest BCUT2D eigenvalue weighted by atomic mass is 10.2. The highest BCUT2D eigenvalue weighted by Gasteiger charge is 2.11. The highest BCUT2D eigenvalue weighted by molar-refractivity contribution is 5.88.